The molecule has 3 aliphatic carbocycles. The summed E-state index contributed by atoms with van der Waals surface area (Å²) in [6.45, 7) is 4.41. The number of fused-ring (bicyclic) bond motifs is 5. The zero-order valence-corrected chi connectivity index (χ0v) is 14.4. The van der Waals surface area contributed by atoms with Crippen LogP contribution >= 0.6 is 0 Å². The van der Waals surface area contributed by atoms with Crippen molar-refractivity contribution in [2.75, 3.05) is 7.05 Å². The lowest BCUT2D eigenvalue weighted by atomic mass is 9.48. The maximum absolute atomic E-state index is 14.2. The Morgan fingerprint density at radius 2 is 1.91 bits per heavy atom. The summed E-state index contributed by atoms with van der Waals surface area (Å²) in [5.74, 6) is 0.492. The van der Waals surface area contributed by atoms with Gasteiger partial charge >= 0.3 is 0 Å². The van der Waals surface area contributed by atoms with Crippen LogP contribution in [0, 0.1) is 28.6 Å². The third-order valence-electron chi connectivity index (χ3n) is 8.11. The van der Waals surface area contributed by atoms with E-state index < -0.39 is 11.7 Å². The predicted molar refractivity (Wildman–Crippen MR) is 86.1 cm³/mol. The molecule has 7 atom stereocenters. The monoisotopic (exact) mass is 321 g/mol. The lowest BCUT2D eigenvalue weighted by molar-refractivity contribution is -0.143. The van der Waals surface area contributed by atoms with Crippen LogP contribution < -0.4 is 0 Å². The summed E-state index contributed by atoms with van der Waals surface area (Å²) in [6, 6.07) is 0.117. The maximum Gasteiger partial charge on any atom is 0.282 e. The van der Waals surface area contributed by atoms with Crippen LogP contribution in [0.5, 0.6) is 0 Å². The minimum atomic E-state index is -0.577. The van der Waals surface area contributed by atoms with Gasteiger partial charge in [-0.05, 0) is 67.8 Å². The number of likely N-dealkylation sites (N-methyl/N-ethyl adjacent to an activating group) is 1. The summed E-state index contributed by atoms with van der Waals surface area (Å²) >= 11 is 0. The molecule has 128 valence electrons. The van der Waals surface area contributed by atoms with Crippen molar-refractivity contribution >= 4 is 5.91 Å². The van der Waals surface area contributed by atoms with Crippen LogP contribution in [-0.2, 0) is 4.79 Å². The number of hydrogen-bond donors (Lipinski definition) is 1. The summed E-state index contributed by atoms with van der Waals surface area (Å²) in [5, 5.41) is 10.5. The number of carbonyl (C=O) groups excluding carboxylic acids is 1. The first-order valence-corrected chi connectivity index (χ1v) is 9.12. The minimum absolute atomic E-state index is 0.0447. The molecule has 1 amide bonds. The lowest BCUT2D eigenvalue weighted by Gasteiger charge is -2.60. The molecule has 0 aromatic rings. The molecule has 3 nitrogen and oxygen atoms in total. The molecule has 4 heteroatoms. The summed E-state index contributed by atoms with van der Waals surface area (Å²) in [4.78, 5) is 13.7. The Kier molecular flexibility index (Phi) is 3.27. The number of hydrogen-bond acceptors (Lipinski definition) is 2. The van der Waals surface area contributed by atoms with Gasteiger partial charge in [0.05, 0.1) is 6.10 Å². The number of nitrogens with zero attached hydrogens (tertiary/aromatic N) is 1. The second-order valence-corrected chi connectivity index (χ2v) is 8.88. The first-order valence-electron chi connectivity index (χ1n) is 9.12. The molecule has 1 heterocycles. The van der Waals surface area contributed by atoms with E-state index in [-0.39, 0.29) is 23.0 Å². The standard InChI is InChI=1S/C19H28FNO2/c1-18-9-8-13-11(12(18)5-7-16(18)22)4-6-15-19(13,2)10-14(20)17(23)21(15)3/h10-13,15-16,22H,4-9H2,1-3H3/t11?,12-,13?,15+,16-,18-,19+/m0/s1. The van der Waals surface area contributed by atoms with Crippen molar-refractivity contribution in [1.29, 1.82) is 0 Å². The third-order valence-corrected chi connectivity index (χ3v) is 8.11. The van der Waals surface area contributed by atoms with Crippen LogP contribution in [0.15, 0.2) is 11.9 Å². The number of rotatable bonds is 0. The number of aliphatic hydroxyl groups is 1. The molecule has 0 radical (unpaired) electrons. The topological polar surface area (TPSA) is 40.5 Å². The highest BCUT2D eigenvalue weighted by atomic mass is 19.1. The average molecular weight is 321 g/mol. The fourth-order valence-electron chi connectivity index (χ4n) is 6.80. The van der Waals surface area contributed by atoms with Crippen molar-refractivity contribution in [3.05, 3.63) is 11.9 Å². The van der Waals surface area contributed by atoms with Gasteiger partial charge in [-0.1, -0.05) is 13.8 Å². The summed E-state index contributed by atoms with van der Waals surface area (Å²) < 4.78 is 14.2. The Morgan fingerprint density at radius 3 is 2.65 bits per heavy atom. The van der Waals surface area contributed by atoms with E-state index in [4.69, 9.17) is 0 Å². The van der Waals surface area contributed by atoms with Crippen LogP contribution in [0.4, 0.5) is 4.39 Å². The first-order chi connectivity index (χ1) is 10.8. The molecule has 2 unspecified atom stereocenters. The molecule has 1 N–H and O–H groups in total. The van der Waals surface area contributed by atoms with Gasteiger partial charge in [-0.3, -0.25) is 4.79 Å². The van der Waals surface area contributed by atoms with E-state index in [2.05, 4.69) is 13.8 Å². The largest absolute Gasteiger partial charge is 0.393 e. The zero-order chi connectivity index (χ0) is 16.6. The van der Waals surface area contributed by atoms with Gasteiger partial charge in [-0.15, -0.1) is 0 Å². The Hall–Kier alpha value is -0.900. The second-order valence-electron chi connectivity index (χ2n) is 8.88. The molecule has 3 fully saturated rings. The van der Waals surface area contributed by atoms with Gasteiger partial charge in [0.25, 0.3) is 5.91 Å². The van der Waals surface area contributed by atoms with E-state index in [1.165, 1.54) is 0 Å². The Bertz CT molecular complexity index is 576. The van der Waals surface area contributed by atoms with Crippen molar-refractivity contribution in [1.82, 2.24) is 4.90 Å². The summed E-state index contributed by atoms with van der Waals surface area (Å²) in [5.41, 5.74) is -0.215. The summed E-state index contributed by atoms with van der Waals surface area (Å²) in [6.07, 6.45) is 7.58. The van der Waals surface area contributed by atoms with E-state index in [9.17, 15) is 14.3 Å². The highest BCUT2D eigenvalue weighted by Crippen LogP contribution is 2.64. The maximum atomic E-state index is 14.2. The van der Waals surface area contributed by atoms with Gasteiger partial charge in [0.1, 0.15) is 0 Å². The smallest absolute Gasteiger partial charge is 0.282 e. The van der Waals surface area contributed by atoms with Crippen LogP contribution in [0.2, 0.25) is 0 Å². The van der Waals surface area contributed by atoms with Gasteiger partial charge in [0.15, 0.2) is 5.83 Å². The normalized spacial score (nSPS) is 52.6. The molecule has 23 heavy (non-hydrogen) atoms. The minimum Gasteiger partial charge on any atom is -0.393 e. The van der Waals surface area contributed by atoms with Crippen molar-refractivity contribution in [2.45, 2.75) is 64.5 Å². The van der Waals surface area contributed by atoms with Gasteiger partial charge in [0.2, 0.25) is 0 Å². The fourth-order valence-corrected chi connectivity index (χ4v) is 6.80. The number of halogens is 1. The highest BCUT2D eigenvalue weighted by molar-refractivity contribution is 5.92. The molecule has 0 aromatic carbocycles. The molecule has 3 saturated carbocycles. The second kappa shape index (κ2) is 4.81. The lowest BCUT2D eigenvalue weighted by Crippen LogP contribution is -2.60. The van der Waals surface area contributed by atoms with Crippen LogP contribution in [0.25, 0.3) is 0 Å². The van der Waals surface area contributed by atoms with Crippen molar-refractivity contribution in [2.24, 2.45) is 28.6 Å². The van der Waals surface area contributed by atoms with Crippen LogP contribution in [0.3, 0.4) is 0 Å². The molecule has 0 saturated heterocycles. The fraction of sp³-hybridized carbons (Fsp3) is 0.842. The van der Waals surface area contributed by atoms with E-state index in [0.29, 0.717) is 17.8 Å². The first kappa shape index (κ1) is 15.6. The quantitative estimate of drug-likeness (QED) is 0.744. The molecular formula is C19H28FNO2. The Labute approximate surface area is 137 Å². The van der Waals surface area contributed by atoms with E-state index in [0.717, 1.165) is 38.5 Å². The van der Waals surface area contributed by atoms with Gasteiger partial charge in [0, 0.05) is 18.5 Å². The molecule has 0 aromatic heterocycles. The molecule has 0 bridgehead atoms. The van der Waals surface area contributed by atoms with Crippen molar-refractivity contribution < 1.29 is 14.3 Å². The number of carbonyl (C=O) groups is 1. The third kappa shape index (κ3) is 1.87. The number of aliphatic hydroxyl groups excluding tert-OH is 1. The van der Waals surface area contributed by atoms with Crippen molar-refractivity contribution in [3.8, 4) is 0 Å². The average Bonchev–Trinajstić information content (AvgIpc) is 2.80. The molecule has 0 spiro atoms. The van der Waals surface area contributed by atoms with Crippen molar-refractivity contribution in [3.63, 3.8) is 0 Å². The predicted octanol–water partition coefficient (Wildman–Crippen LogP) is 3.28. The SMILES string of the molecule is CN1C(=O)C(F)=C[C@]2(C)C3CC[C@]4(C)[C@@H](O)CC[C@H]4C3CC[C@@H]12. The van der Waals surface area contributed by atoms with Crippen LogP contribution in [0.1, 0.15) is 52.4 Å². The van der Waals surface area contributed by atoms with E-state index in [1.807, 2.05) is 0 Å². The van der Waals surface area contributed by atoms with Crippen LogP contribution in [-0.4, -0.2) is 35.1 Å². The number of amides is 1. The van der Waals surface area contributed by atoms with Gasteiger partial charge < -0.3 is 10.0 Å². The molecule has 1 aliphatic heterocycles. The van der Waals surface area contributed by atoms with Gasteiger partial charge in [-0.25, -0.2) is 4.39 Å². The Morgan fingerprint density at radius 1 is 1.17 bits per heavy atom. The van der Waals surface area contributed by atoms with E-state index >= 15 is 0 Å². The van der Waals surface area contributed by atoms with E-state index in [1.54, 1.807) is 18.0 Å². The zero-order valence-electron chi connectivity index (χ0n) is 14.4. The summed E-state index contributed by atoms with van der Waals surface area (Å²) in [7, 11) is 1.75. The Balaban J connectivity index is 1.72. The highest BCUT2D eigenvalue weighted by Gasteiger charge is 2.60. The van der Waals surface area contributed by atoms with Gasteiger partial charge in [-0.2, -0.15) is 0 Å². The molecular weight excluding hydrogens is 293 g/mol. The molecule has 4 aliphatic rings. The molecule has 4 rings (SSSR count).